The number of Topliss-reactive ketones (excluding diaryl/α,β-unsaturated/α-hetero) is 1. The number of hydrogen-bond acceptors (Lipinski definition) is 1. The Kier molecular flexibility index (Phi) is 4.89. The fourth-order valence-electron chi connectivity index (χ4n) is 2.20. The number of carbonyl (C=O) groups excluding carboxylic acids is 1. The maximum Gasteiger partial charge on any atom is 0.163 e. The molecule has 0 N–H and O–H groups in total. The summed E-state index contributed by atoms with van der Waals surface area (Å²) in [5, 5.41) is 0. The summed E-state index contributed by atoms with van der Waals surface area (Å²) in [7, 11) is 2.75. The van der Waals surface area contributed by atoms with Gasteiger partial charge in [-0.25, -0.2) is 0 Å². The van der Waals surface area contributed by atoms with Gasteiger partial charge in [0.1, 0.15) is 0 Å². The fourth-order valence-corrected chi connectivity index (χ4v) is 2.36. The Balaban J connectivity index is 3.06. The highest BCUT2D eigenvalue weighted by Gasteiger charge is 2.15. The third-order valence-corrected chi connectivity index (χ3v) is 3.80. The number of carbonyl (C=O) groups is 1. The molecule has 17 heavy (non-hydrogen) atoms. The van der Waals surface area contributed by atoms with E-state index in [1.807, 2.05) is 6.92 Å². The smallest absolute Gasteiger partial charge is 0.163 e. The van der Waals surface area contributed by atoms with Gasteiger partial charge in [-0.15, -0.1) is 9.24 Å². The van der Waals surface area contributed by atoms with Crippen molar-refractivity contribution in [3.05, 3.63) is 33.9 Å². The summed E-state index contributed by atoms with van der Waals surface area (Å²) < 4.78 is 0. The van der Waals surface area contributed by atoms with E-state index in [-0.39, 0.29) is 5.78 Å². The Morgan fingerprint density at radius 1 is 1.18 bits per heavy atom. The summed E-state index contributed by atoms with van der Waals surface area (Å²) in [6, 6.07) is 2.12. The second-order valence-corrected chi connectivity index (χ2v) is 6.21. The van der Waals surface area contributed by atoms with E-state index in [0.29, 0.717) is 12.1 Å². The number of rotatable bonds is 4. The maximum absolute atomic E-state index is 12.2. The summed E-state index contributed by atoms with van der Waals surface area (Å²) in [6.45, 7) is 10.4. The van der Waals surface area contributed by atoms with Crippen molar-refractivity contribution in [1.82, 2.24) is 0 Å². The molecule has 0 amide bonds. The van der Waals surface area contributed by atoms with Crippen LogP contribution < -0.4 is 0 Å². The van der Waals surface area contributed by atoms with E-state index in [0.717, 1.165) is 23.1 Å². The fraction of sp³-hybridized carbons (Fsp3) is 0.533. The highest BCUT2D eigenvalue weighted by molar-refractivity contribution is 7.17. The van der Waals surface area contributed by atoms with Crippen molar-refractivity contribution in [3.63, 3.8) is 0 Å². The van der Waals surface area contributed by atoms with Crippen LogP contribution >= 0.6 is 9.24 Å². The molecule has 0 aliphatic heterocycles. The normalized spacial score (nSPS) is 12.6. The number of aryl methyl sites for hydroxylation is 2. The van der Waals surface area contributed by atoms with Gasteiger partial charge in [0.25, 0.3) is 0 Å². The molecule has 0 spiro atoms. The zero-order valence-corrected chi connectivity index (χ0v) is 12.7. The molecule has 0 aromatic heterocycles. The molecule has 0 radical (unpaired) electrons. The summed E-state index contributed by atoms with van der Waals surface area (Å²) in [5.41, 5.74) is 6.25. The maximum atomic E-state index is 12.2. The van der Waals surface area contributed by atoms with Crippen LogP contribution in [0.4, 0.5) is 0 Å². The standard InChI is InChI=1S/C15H23OP/c1-9-8-10(2)15(13(5)12(9)4)14(16)7-6-11(3)17/h8,11H,6-7,17H2,1-5H3. The molecule has 2 heteroatoms. The summed E-state index contributed by atoms with van der Waals surface area (Å²) in [4.78, 5) is 12.2. The van der Waals surface area contributed by atoms with Crippen molar-refractivity contribution in [2.75, 3.05) is 0 Å². The van der Waals surface area contributed by atoms with Crippen LogP contribution in [-0.2, 0) is 0 Å². The number of ketones is 1. The quantitative estimate of drug-likeness (QED) is 0.579. The van der Waals surface area contributed by atoms with Crippen LogP contribution in [-0.4, -0.2) is 11.4 Å². The molecule has 0 bridgehead atoms. The molecule has 1 aromatic carbocycles. The first-order chi connectivity index (χ1) is 7.84. The minimum Gasteiger partial charge on any atom is -0.294 e. The van der Waals surface area contributed by atoms with Gasteiger partial charge in [-0.3, -0.25) is 4.79 Å². The minimum absolute atomic E-state index is 0.289. The van der Waals surface area contributed by atoms with Crippen LogP contribution in [0.2, 0.25) is 0 Å². The lowest BCUT2D eigenvalue weighted by atomic mass is 9.90. The number of benzene rings is 1. The summed E-state index contributed by atoms with van der Waals surface area (Å²) in [5.74, 6) is 0.289. The summed E-state index contributed by atoms with van der Waals surface area (Å²) in [6.07, 6.45) is 1.59. The van der Waals surface area contributed by atoms with E-state index >= 15 is 0 Å². The second kappa shape index (κ2) is 5.78. The van der Waals surface area contributed by atoms with E-state index in [4.69, 9.17) is 0 Å². The SMILES string of the molecule is Cc1cc(C)c(C(=O)CCC(C)P)c(C)c1C. The van der Waals surface area contributed by atoms with E-state index in [1.165, 1.54) is 11.1 Å². The van der Waals surface area contributed by atoms with Crippen molar-refractivity contribution in [1.29, 1.82) is 0 Å². The highest BCUT2D eigenvalue weighted by Crippen LogP contribution is 2.23. The van der Waals surface area contributed by atoms with E-state index < -0.39 is 0 Å². The molecule has 0 heterocycles. The van der Waals surface area contributed by atoms with Crippen molar-refractivity contribution in [2.24, 2.45) is 0 Å². The van der Waals surface area contributed by atoms with Crippen LogP contribution in [0.25, 0.3) is 0 Å². The molecule has 0 aliphatic rings. The Morgan fingerprint density at radius 3 is 2.29 bits per heavy atom. The van der Waals surface area contributed by atoms with Gasteiger partial charge in [-0.1, -0.05) is 13.0 Å². The average molecular weight is 250 g/mol. The van der Waals surface area contributed by atoms with Crippen molar-refractivity contribution < 1.29 is 4.79 Å². The Labute approximate surface area is 107 Å². The topological polar surface area (TPSA) is 17.1 Å². The lowest BCUT2D eigenvalue weighted by Crippen LogP contribution is -2.08. The van der Waals surface area contributed by atoms with Crippen molar-refractivity contribution >= 4 is 15.0 Å². The Bertz CT molecular complexity index is 433. The van der Waals surface area contributed by atoms with Gasteiger partial charge in [-0.05, 0) is 62.0 Å². The Hall–Kier alpha value is -0.680. The van der Waals surface area contributed by atoms with Crippen molar-refractivity contribution in [3.8, 4) is 0 Å². The summed E-state index contributed by atoms with van der Waals surface area (Å²) >= 11 is 0. The predicted octanol–water partition coefficient (Wildman–Crippen LogP) is 4.15. The van der Waals surface area contributed by atoms with Crippen LogP contribution in [0.15, 0.2) is 6.07 Å². The third kappa shape index (κ3) is 3.39. The van der Waals surface area contributed by atoms with Crippen LogP contribution in [0.1, 0.15) is 52.4 Å². The molecule has 1 aromatic rings. The van der Waals surface area contributed by atoms with Gasteiger partial charge >= 0.3 is 0 Å². The first-order valence-corrected chi connectivity index (χ1v) is 6.87. The molecule has 0 fully saturated rings. The van der Waals surface area contributed by atoms with E-state index in [9.17, 15) is 4.79 Å². The van der Waals surface area contributed by atoms with Crippen LogP contribution in [0.5, 0.6) is 0 Å². The zero-order chi connectivity index (χ0) is 13.2. The second-order valence-electron chi connectivity index (χ2n) is 5.07. The monoisotopic (exact) mass is 250 g/mol. The molecular formula is C15H23OP. The van der Waals surface area contributed by atoms with Gasteiger partial charge in [0.2, 0.25) is 0 Å². The molecular weight excluding hydrogens is 227 g/mol. The van der Waals surface area contributed by atoms with Gasteiger partial charge in [-0.2, -0.15) is 0 Å². The van der Waals surface area contributed by atoms with Gasteiger partial charge in [0.15, 0.2) is 5.78 Å². The molecule has 0 aliphatic carbocycles. The Morgan fingerprint density at radius 2 is 1.76 bits per heavy atom. The van der Waals surface area contributed by atoms with E-state index in [1.54, 1.807) is 0 Å². The molecule has 94 valence electrons. The van der Waals surface area contributed by atoms with Crippen LogP contribution in [0, 0.1) is 27.7 Å². The largest absolute Gasteiger partial charge is 0.294 e. The third-order valence-electron chi connectivity index (χ3n) is 3.46. The molecule has 2 unspecified atom stereocenters. The highest BCUT2D eigenvalue weighted by atomic mass is 31.0. The first-order valence-electron chi connectivity index (χ1n) is 6.20. The minimum atomic E-state index is 0.289. The van der Waals surface area contributed by atoms with Gasteiger partial charge in [0.05, 0.1) is 0 Å². The lowest BCUT2D eigenvalue weighted by Gasteiger charge is -2.14. The van der Waals surface area contributed by atoms with Crippen LogP contribution in [0.3, 0.4) is 0 Å². The molecule has 0 saturated carbocycles. The van der Waals surface area contributed by atoms with Crippen molar-refractivity contribution in [2.45, 2.75) is 53.1 Å². The van der Waals surface area contributed by atoms with Gasteiger partial charge in [0, 0.05) is 12.0 Å². The molecule has 2 atom stereocenters. The van der Waals surface area contributed by atoms with Gasteiger partial charge < -0.3 is 0 Å². The molecule has 1 nitrogen and oxygen atoms in total. The molecule has 0 saturated heterocycles. The number of hydrogen-bond donors (Lipinski definition) is 0. The lowest BCUT2D eigenvalue weighted by molar-refractivity contribution is 0.0979. The zero-order valence-electron chi connectivity index (χ0n) is 11.6. The molecule has 1 rings (SSSR count). The average Bonchev–Trinajstić information content (AvgIpc) is 2.23. The predicted molar refractivity (Wildman–Crippen MR) is 78.1 cm³/mol. The first kappa shape index (κ1) is 14.4. The van der Waals surface area contributed by atoms with E-state index in [2.05, 4.69) is 43.0 Å².